The molecule has 6 rings (SSSR count). The Morgan fingerprint density at radius 3 is 2.46 bits per heavy atom. The molecule has 5 aliphatic rings. The standard InChI is InChI=1S/C40H56N6O10S/c1-4-34(47)44-19-10-6-5-7-15-31(35(48)43-57(53,54)29-16-17-29)41-36(49)33-20-28-22-46(33)37(50)32(24-44)42-38(51)55-25-40(2,3)18-9-8-12-26-13-11-14-27-21-45(23-30(26)27)39(52)56-28/h4,11,13-14,28-29,31-33H,1,5-10,12,15-25H2,2-3H3,(H,41,49)(H,42,51)(H,43,48)/t28-,31?,32+,33+/m1/s1. The van der Waals surface area contributed by atoms with Crippen LogP contribution in [0.4, 0.5) is 9.59 Å². The van der Waals surface area contributed by atoms with Gasteiger partial charge in [0.25, 0.3) is 5.91 Å². The Balaban J connectivity index is 1.32. The van der Waals surface area contributed by atoms with E-state index in [1.54, 1.807) is 4.90 Å². The predicted molar refractivity (Wildman–Crippen MR) is 208 cm³/mol. The molecular formula is C40H56N6O10S. The van der Waals surface area contributed by atoms with E-state index in [2.05, 4.69) is 28.0 Å². The third kappa shape index (κ3) is 10.6. The Labute approximate surface area is 334 Å². The Morgan fingerprint density at radius 2 is 1.70 bits per heavy atom. The van der Waals surface area contributed by atoms with Crippen molar-refractivity contribution in [2.24, 2.45) is 5.41 Å². The molecule has 0 aromatic heterocycles. The predicted octanol–water partition coefficient (Wildman–Crippen LogP) is 3.03. The van der Waals surface area contributed by atoms with Crippen LogP contribution in [0.5, 0.6) is 0 Å². The van der Waals surface area contributed by atoms with Gasteiger partial charge in [0.1, 0.15) is 24.2 Å². The molecule has 1 aromatic carbocycles. The van der Waals surface area contributed by atoms with Crippen molar-refractivity contribution < 1.29 is 46.7 Å². The van der Waals surface area contributed by atoms with Gasteiger partial charge in [-0.1, -0.05) is 64.3 Å². The summed E-state index contributed by atoms with van der Waals surface area (Å²) in [6.45, 7) is 8.12. The van der Waals surface area contributed by atoms with Crippen LogP contribution in [0.3, 0.4) is 0 Å². The summed E-state index contributed by atoms with van der Waals surface area (Å²) < 4.78 is 39.3. The second-order valence-electron chi connectivity index (χ2n) is 16.8. The molecule has 2 saturated heterocycles. The van der Waals surface area contributed by atoms with Gasteiger partial charge in [-0.15, -0.1) is 0 Å². The van der Waals surface area contributed by atoms with Gasteiger partial charge in [-0.25, -0.2) is 18.0 Å². The van der Waals surface area contributed by atoms with E-state index in [4.69, 9.17) is 9.47 Å². The largest absolute Gasteiger partial charge is 0.449 e. The lowest BCUT2D eigenvalue weighted by molar-refractivity contribution is -0.141. The van der Waals surface area contributed by atoms with Gasteiger partial charge >= 0.3 is 12.2 Å². The number of carbonyl (C=O) groups excluding carboxylic acids is 6. The molecule has 4 heterocycles. The molecule has 0 spiro atoms. The molecule has 57 heavy (non-hydrogen) atoms. The van der Waals surface area contributed by atoms with Crippen molar-refractivity contribution in [2.45, 2.75) is 133 Å². The van der Waals surface area contributed by atoms with Crippen LogP contribution >= 0.6 is 0 Å². The van der Waals surface area contributed by atoms with Gasteiger partial charge in [0.15, 0.2) is 0 Å². The van der Waals surface area contributed by atoms with Gasteiger partial charge in [-0.05, 0) is 73.1 Å². The fourth-order valence-corrected chi connectivity index (χ4v) is 9.47. The molecule has 1 aliphatic carbocycles. The minimum absolute atomic E-state index is 0.0669. The average molecular weight is 813 g/mol. The number of nitrogens with one attached hydrogen (secondary N) is 3. The quantitative estimate of drug-likeness (QED) is 0.380. The summed E-state index contributed by atoms with van der Waals surface area (Å²) in [5.41, 5.74) is 2.86. The molecule has 0 radical (unpaired) electrons. The zero-order valence-electron chi connectivity index (χ0n) is 33.0. The van der Waals surface area contributed by atoms with Crippen LogP contribution in [0, 0.1) is 5.41 Å². The summed E-state index contributed by atoms with van der Waals surface area (Å²) in [5.74, 6) is -2.81. The summed E-state index contributed by atoms with van der Waals surface area (Å²) in [5, 5.41) is 4.70. The highest BCUT2D eigenvalue weighted by Gasteiger charge is 2.46. The van der Waals surface area contributed by atoms with E-state index in [0.717, 1.165) is 48.4 Å². The number of nitrogens with zero attached hydrogens (tertiary/aromatic N) is 3. The number of carbonyl (C=O) groups is 6. The summed E-state index contributed by atoms with van der Waals surface area (Å²) in [7, 11) is -3.92. The van der Waals surface area contributed by atoms with Crippen LogP contribution in [0.15, 0.2) is 30.9 Å². The highest BCUT2D eigenvalue weighted by Crippen LogP contribution is 2.31. The number of rotatable bonds is 4. The zero-order valence-corrected chi connectivity index (χ0v) is 33.8. The highest BCUT2D eigenvalue weighted by atomic mass is 32.2. The normalized spacial score (nSPS) is 26.9. The van der Waals surface area contributed by atoms with Crippen molar-refractivity contribution in [2.75, 3.05) is 26.2 Å². The Bertz CT molecular complexity index is 1850. The number of amides is 6. The minimum atomic E-state index is -3.92. The molecule has 1 aromatic rings. The fourth-order valence-electron chi connectivity index (χ4n) is 8.12. The van der Waals surface area contributed by atoms with Crippen molar-refractivity contribution in [3.8, 4) is 0 Å². The van der Waals surface area contributed by atoms with Crippen molar-refractivity contribution >= 4 is 45.8 Å². The van der Waals surface area contributed by atoms with Gasteiger partial charge in [0, 0.05) is 26.1 Å². The SMILES string of the molecule is C=CC(=O)N1CCCCCCC(C(=O)NS(=O)(=O)C2CC2)NC(=O)[C@@H]2C[C@@H]3CN2C(=O)[C@H](C1)NC(=O)OCC(C)(C)CCCCc1cccc2c1CN(C2)C(=O)O3. The van der Waals surface area contributed by atoms with Crippen molar-refractivity contribution in [1.82, 2.24) is 30.1 Å². The molecule has 1 unspecified atom stereocenters. The number of sulfonamides is 1. The molecule has 312 valence electrons. The summed E-state index contributed by atoms with van der Waals surface area (Å²) in [6.07, 6.45) is 5.08. The van der Waals surface area contributed by atoms with Crippen molar-refractivity contribution in [3.63, 3.8) is 0 Å². The lowest BCUT2D eigenvalue weighted by atomic mass is 9.87. The van der Waals surface area contributed by atoms with Crippen LogP contribution in [-0.2, 0) is 58.2 Å². The summed E-state index contributed by atoms with van der Waals surface area (Å²) in [6, 6.07) is 2.15. The van der Waals surface area contributed by atoms with E-state index in [1.165, 1.54) is 9.80 Å². The van der Waals surface area contributed by atoms with Crippen LogP contribution in [0.1, 0.15) is 101 Å². The molecule has 1 saturated carbocycles. The maximum atomic E-state index is 14.7. The van der Waals surface area contributed by atoms with Crippen LogP contribution < -0.4 is 15.4 Å². The molecule has 17 heteroatoms. The fraction of sp³-hybridized carbons (Fsp3) is 0.650. The van der Waals surface area contributed by atoms with E-state index in [-0.39, 0.29) is 44.5 Å². The number of alkyl carbamates (subject to hydrolysis) is 1. The Morgan fingerprint density at radius 1 is 0.947 bits per heavy atom. The lowest BCUT2D eigenvalue weighted by Crippen LogP contribution is -2.59. The van der Waals surface area contributed by atoms with E-state index in [1.807, 2.05) is 26.0 Å². The van der Waals surface area contributed by atoms with Gasteiger partial charge in [0.05, 0.1) is 24.9 Å². The van der Waals surface area contributed by atoms with E-state index >= 15 is 0 Å². The van der Waals surface area contributed by atoms with Gasteiger partial charge < -0.3 is 29.9 Å². The maximum Gasteiger partial charge on any atom is 0.410 e. The van der Waals surface area contributed by atoms with E-state index in [9.17, 15) is 37.2 Å². The van der Waals surface area contributed by atoms with Crippen LogP contribution in [0.25, 0.3) is 0 Å². The van der Waals surface area contributed by atoms with Gasteiger partial charge in [-0.3, -0.25) is 28.8 Å². The number of hydrogen-bond acceptors (Lipinski definition) is 10. The first-order chi connectivity index (χ1) is 27.1. The molecule has 6 amide bonds. The van der Waals surface area contributed by atoms with Gasteiger partial charge in [-0.2, -0.15) is 0 Å². The number of cyclic esters (lactones) is 1. The molecular weight excluding hydrogens is 757 g/mol. The smallest absolute Gasteiger partial charge is 0.410 e. The number of ether oxygens (including phenoxy) is 2. The Hall–Kier alpha value is -4.67. The van der Waals surface area contributed by atoms with E-state index in [0.29, 0.717) is 51.6 Å². The molecule has 3 fully saturated rings. The maximum absolute atomic E-state index is 14.7. The molecule has 4 aliphatic heterocycles. The zero-order chi connectivity index (χ0) is 40.9. The number of hydrogen-bond donors (Lipinski definition) is 3. The van der Waals surface area contributed by atoms with Crippen molar-refractivity contribution in [1.29, 1.82) is 0 Å². The number of aryl methyl sites for hydroxylation is 1. The topological polar surface area (TPSA) is 201 Å². The number of fused-ring (bicyclic) bond motifs is 3. The molecule has 16 nitrogen and oxygen atoms in total. The highest BCUT2D eigenvalue weighted by molar-refractivity contribution is 7.90. The monoisotopic (exact) mass is 812 g/mol. The minimum Gasteiger partial charge on any atom is -0.449 e. The first kappa shape index (κ1) is 41.9. The first-order valence-corrected chi connectivity index (χ1v) is 21.7. The van der Waals surface area contributed by atoms with Gasteiger partial charge in [0.2, 0.25) is 27.7 Å². The number of benzene rings is 1. The second kappa shape index (κ2) is 17.9. The third-order valence-corrected chi connectivity index (χ3v) is 13.4. The summed E-state index contributed by atoms with van der Waals surface area (Å²) >= 11 is 0. The molecule has 5 bridgehead atoms. The average Bonchev–Trinajstić information content (AvgIpc) is 3.82. The van der Waals surface area contributed by atoms with Crippen LogP contribution in [-0.4, -0.2) is 115 Å². The summed E-state index contributed by atoms with van der Waals surface area (Å²) in [4.78, 5) is 86.9. The second-order valence-corrected chi connectivity index (χ2v) is 18.7. The molecule has 3 N–H and O–H groups in total. The first-order valence-electron chi connectivity index (χ1n) is 20.2. The third-order valence-electron chi connectivity index (χ3n) is 11.6. The molecule has 4 atom stereocenters. The van der Waals surface area contributed by atoms with E-state index < -0.39 is 75.3 Å². The lowest BCUT2D eigenvalue weighted by Gasteiger charge is -2.32. The Kier molecular flexibility index (Phi) is 13.1. The van der Waals surface area contributed by atoms with Crippen molar-refractivity contribution in [3.05, 3.63) is 47.5 Å². The van der Waals surface area contributed by atoms with Crippen LogP contribution in [0.2, 0.25) is 0 Å².